The molecule has 0 spiro atoms. The maximum Gasteiger partial charge on any atom is 0.341 e. The molecule has 0 saturated carbocycles. The third-order valence-electron chi connectivity index (χ3n) is 2.65. The average Bonchev–Trinajstić information content (AvgIpc) is 2.96. The Labute approximate surface area is 113 Å². The lowest BCUT2D eigenvalue weighted by atomic mass is 10.1. The summed E-state index contributed by atoms with van der Waals surface area (Å²) in [5.74, 6) is -0.326. The van der Waals surface area contributed by atoms with Crippen LogP contribution in [0, 0.1) is 0 Å². The minimum atomic E-state index is -0.326. The standard InChI is InChI=1S/C13H8ClNO2S/c14-11-5-4-10(18-11)8-7-17-13(16)12(8)9-3-1-2-6-15-9/h1-6H,7H2. The van der Waals surface area contributed by atoms with Crippen molar-refractivity contribution in [1.29, 1.82) is 0 Å². The van der Waals surface area contributed by atoms with Gasteiger partial charge in [0.2, 0.25) is 0 Å². The zero-order valence-corrected chi connectivity index (χ0v) is 10.8. The van der Waals surface area contributed by atoms with Crippen molar-refractivity contribution in [3.05, 3.63) is 51.4 Å². The molecule has 0 saturated heterocycles. The number of ether oxygens (including phenoxy) is 1. The van der Waals surface area contributed by atoms with Crippen LogP contribution < -0.4 is 0 Å². The minimum absolute atomic E-state index is 0.279. The number of pyridine rings is 1. The number of cyclic esters (lactones) is 1. The lowest BCUT2D eigenvalue weighted by Gasteiger charge is -2.00. The summed E-state index contributed by atoms with van der Waals surface area (Å²) in [7, 11) is 0. The van der Waals surface area contributed by atoms with Crippen LogP contribution >= 0.6 is 22.9 Å². The number of carbonyl (C=O) groups is 1. The van der Waals surface area contributed by atoms with E-state index in [0.717, 1.165) is 10.5 Å². The Morgan fingerprint density at radius 2 is 2.17 bits per heavy atom. The molecule has 3 rings (SSSR count). The third kappa shape index (κ3) is 1.94. The predicted octanol–water partition coefficient (Wildman–Crippen LogP) is 3.26. The van der Waals surface area contributed by atoms with Crippen LogP contribution in [0.5, 0.6) is 0 Å². The zero-order valence-electron chi connectivity index (χ0n) is 9.22. The summed E-state index contributed by atoms with van der Waals surface area (Å²) in [5.41, 5.74) is 2.03. The van der Waals surface area contributed by atoms with E-state index in [1.165, 1.54) is 11.3 Å². The van der Waals surface area contributed by atoms with Crippen LogP contribution in [0.15, 0.2) is 36.5 Å². The molecule has 5 heteroatoms. The Bertz CT molecular complexity index is 633. The number of aromatic nitrogens is 1. The van der Waals surface area contributed by atoms with Crippen molar-refractivity contribution in [3.8, 4) is 0 Å². The van der Waals surface area contributed by atoms with Crippen molar-refractivity contribution in [2.24, 2.45) is 0 Å². The topological polar surface area (TPSA) is 39.2 Å². The molecule has 2 aromatic rings. The van der Waals surface area contributed by atoms with Crippen molar-refractivity contribution >= 4 is 40.1 Å². The van der Waals surface area contributed by atoms with Gasteiger partial charge in [-0.1, -0.05) is 17.7 Å². The molecule has 1 aliphatic heterocycles. The Balaban J connectivity index is 2.15. The van der Waals surface area contributed by atoms with Gasteiger partial charge in [0.15, 0.2) is 0 Å². The highest BCUT2D eigenvalue weighted by molar-refractivity contribution is 7.17. The van der Waals surface area contributed by atoms with Crippen LogP contribution in [-0.2, 0) is 9.53 Å². The summed E-state index contributed by atoms with van der Waals surface area (Å²) < 4.78 is 5.80. The van der Waals surface area contributed by atoms with Gasteiger partial charge in [0.1, 0.15) is 6.61 Å². The zero-order chi connectivity index (χ0) is 12.5. The van der Waals surface area contributed by atoms with E-state index in [-0.39, 0.29) is 12.6 Å². The lowest BCUT2D eigenvalue weighted by Crippen LogP contribution is -1.99. The van der Waals surface area contributed by atoms with Crippen molar-refractivity contribution < 1.29 is 9.53 Å². The molecule has 0 radical (unpaired) electrons. The Kier molecular flexibility index (Phi) is 2.89. The molecule has 0 amide bonds. The molecule has 0 aliphatic carbocycles. The smallest absolute Gasteiger partial charge is 0.341 e. The highest BCUT2D eigenvalue weighted by atomic mass is 35.5. The highest BCUT2D eigenvalue weighted by Crippen LogP contribution is 2.36. The number of esters is 1. The van der Waals surface area contributed by atoms with Gasteiger partial charge >= 0.3 is 5.97 Å². The number of halogens is 1. The van der Waals surface area contributed by atoms with E-state index in [4.69, 9.17) is 16.3 Å². The fourth-order valence-electron chi connectivity index (χ4n) is 1.85. The highest BCUT2D eigenvalue weighted by Gasteiger charge is 2.28. The lowest BCUT2D eigenvalue weighted by molar-refractivity contribution is -0.133. The monoisotopic (exact) mass is 277 g/mol. The molecule has 3 nitrogen and oxygen atoms in total. The first-order valence-electron chi connectivity index (χ1n) is 5.33. The molecule has 2 aromatic heterocycles. The van der Waals surface area contributed by atoms with E-state index in [0.29, 0.717) is 15.6 Å². The number of hydrogen-bond donors (Lipinski definition) is 0. The molecule has 1 aliphatic rings. The maximum absolute atomic E-state index is 11.8. The second-order valence-electron chi connectivity index (χ2n) is 3.75. The number of carbonyl (C=O) groups excluding carboxylic acids is 1. The van der Waals surface area contributed by atoms with Gasteiger partial charge in [0.05, 0.1) is 15.6 Å². The summed E-state index contributed by atoms with van der Waals surface area (Å²) in [6.07, 6.45) is 1.66. The van der Waals surface area contributed by atoms with E-state index >= 15 is 0 Å². The van der Waals surface area contributed by atoms with Gasteiger partial charge in [0, 0.05) is 16.6 Å². The molecule has 18 heavy (non-hydrogen) atoms. The third-order valence-corrected chi connectivity index (χ3v) is 3.94. The first-order valence-corrected chi connectivity index (χ1v) is 6.52. The fraction of sp³-hybridized carbons (Fsp3) is 0.0769. The molecule has 0 atom stereocenters. The van der Waals surface area contributed by atoms with E-state index < -0.39 is 0 Å². The van der Waals surface area contributed by atoms with Crippen LogP contribution in [-0.4, -0.2) is 17.6 Å². The summed E-state index contributed by atoms with van der Waals surface area (Å²) in [5, 5.41) is 0. The first kappa shape index (κ1) is 11.4. The average molecular weight is 278 g/mol. The van der Waals surface area contributed by atoms with E-state index in [1.807, 2.05) is 24.3 Å². The van der Waals surface area contributed by atoms with Gasteiger partial charge < -0.3 is 4.74 Å². The molecule has 0 N–H and O–H groups in total. The Morgan fingerprint density at radius 1 is 1.28 bits per heavy atom. The fourth-order valence-corrected chi connectivity index (χ4v) is 2.92. The summed E-state index contributed by atoms with van der Waals surface area (Å²) >= 11 is 7.36. The molecule has 0 aromatic carbocycles. The Morgan fingerprint density at radius 3 is 2.83 bits per heavy atom. The van der Waals surface area contributed by atoms with Crippen LogP contribution in [0.4, 0.5) is 0 Å². The quantitative estimate of drug-likeness (QED) is 0.791. The van der Waals surface area contributed by atoms with Gasteiger partial charge in [-0.25, -0.2) is 4.79 Å². The Hall–Kier alpha value is -1.65. The maximum atomic E-state index is 11.8. The second kappa shape index (κ2) is 4.55. The van der Waals surface area contributed by atoms with Crippen molar-refractivity contribution in [1.82, 2.24) is 4.98 Å². The van der Waals surface area contributed by atoms with E-state index in [1.54, 1.807) is 12.3 Å². The van der Waals surface area contributed by atoms with Gasteiger partial charge in [-0.15, -0.1) is 11.3 Å². The van der Waals surface area contributed by atoms with Crippen molar-refractivity contribution in [2.75, 3.05) is 6.61 Å². The minimum Gasteiger partial charge on any atom is -0.457 e. The van der Waals surface area contributed by atoms with Gasteiger partial charge in [-0.3, -0.25) is 4.98 Å². The summed E-state index contributed by atoms with van der Waals surface area (Å²) in [4.78, 5) is 17.0. The van der Waals surface area contributed by atoms with Crippen molar-refractivity contribution in [2.45, 2.75) is 0 Å². The molecular weight excluding hydrogens is 270 g/mol. The number of thiophene rings is 1. The van der Waals surface area contributed by atoms with Crippen molar-refractivity contribution in [3.63, 3.8) is 0 Å². The normalized spacial score (nSPS) is 15.1. The van der Waals surface area contributed by atoms with Crippen LogP contribution in [0.1, 0.15) is 10.6 Å². The number of nitrogens with zero attached hydrogens (tertiary/aromatic N) is 1. The van der Waals surface area contributed by atoms with Gasteiger partial charge in [0.25, 0.3) is 0 Å². The van der Waals surface area contributed by atoms with Gasteiger partial charge in [-0.2, -0.15) is 0 Å². The molecule has 0 fully saturated rings. The molecular formula is C13H8ClNO2S. The summed E-state index contributed by atoms with van der Waals surface area (Å²) in [6, 6.07) is 9.17. The molecule has 0 unspecified atom stereocenters. The number of hydrogen-bond acceptors (Lipinski definition) is 4. The molecule has 90 valence electrons. The first-order chi connectivity index (χ1) is 8.75. The van der Waals surface area contributed by atoms with Gasteiger partial charge in [-0.05, 0) is 24.3 Å². The number of rotatable bonds is 2. The predicted molar refractivity (Wildman–Crippen MR) is 71.3 cm³/mol. The van der Waals surface area contributed by atoms with E-state index in [9.17, 15) is 4.79 Å². The second-order valence-corrected chi connectivity index (χ2v) is 5.46. The molecule has 3 heterocycles. The van der Waals surface area contributed by atoms with Crippen LogP contribution in [0.2, 0.25) is 4.34 Å². The SMILES string of the molecule is O=C1OCC(c2ccc(Cl)s2)=C1c1ccccn1. The van der Waals surface area contributed by atoms with Crippen LogP contribution in [0.3, 0.4) is 0 Å². The van der Waals surface area contributed by atoms with E-state index in [2.05, 4.69) is 4.98 Å². The molecule has 0 bridgehead atoms. The largest absolute Gasteiger partial charge is 0.457 e. The van der Waals surface area contributed by atoms with Crippen LogP contribution in [0.25, 0.3) is 11.1 Å². The summed E-state index contributed by atoms with van der Waals surface area (Å²) in [6.45, 7) is 0.279.